The molecule has 0 bridgehead atoms. The lowest BCUT2D eigenvalue weighted by Gasteiger charge is -2.08. The number of hydrogen-bond donors (Lipinski definition) is 0. The van der Waals surface area contributed by atoms with Crippen molar-refractivity contribution in [2.75, 3.05) is 0 Å². The summed E-state index contributed by atoms with van der Waals surface area (Å²) in [4.78, 5) is 11.3. The maximum atomic E-state index is 11.3. The first-order valence-corrected chi connectivity index (χ1v) is 6.31. The van der Waals surface area contributed by atoms with Gasteiger partial charge in [0.15, 0.2) is 0 Å². The Labute approximate surface area is 114 Å². The van der Waals surface area contributed by atoms with Crippen LogP contribution in [0.25, 0.3) is 11.1 Å². The van der Waals surface area contributed by atoms with E-state index in [9.17, 15) is 4.79 Å². The largest absolute Gasteiger partial charge is 0.299 e. The first-order valence-electron chi connectivity index (χ1n) is 6.31. The van der Waals surface area contributed by atoms with Gasteiger partial charge in [0.25, 0.3) is 0 Å². The lowest BCUT2D eigenvalue weighted by molar-refractivity contribution is -0.119. The zero-order valence-electron chi connectivity index (χ0n) is 11.0. The van der Waals surface area contributed by atoms with Crippen LogP contribution in [0.15, 0.2) is 54.6 Å². The molecule has 0 aliphatic heterocycles. The Bertz CT molecular complexity index is 588. The summed E-state index contributed by atoms with van der Waals surface area (Å²) in [5, 5.41) is 0. The van der Waals surface area contributed by atoms with Crippen LogP contribution >= 0.6 is 0 Å². The van der Waals surface area contributed by atoms with Gasteiger partial charge < -0.3 is 0 Å². The molecule has 0 radical (unpaired) electrons. The standard InChI is InChI=1S/C18H16O/c1-3-16(14(2)19)13-15-9-11-18(12-10-15)17-7-5-4-6-8-17/h1,4-12,16H,13H2,2H3/t16-/m0/s1. The number of benzene rings is 2. The van der Waals surface area contributed by atoms with Gasteiger partial charge in [-0.1, -0.05) is 60.5 Å². The highest BCUT2D eigenvalue weighted by atomic mass is 16.1. The van der Waals surface area contributed by atoms with Gasteiger partial charge in [-0.3, -0.25) is 4.79 Å². The van der Waals surface area contributed by atoms with Gasteiger partial charge in [0.1, 0.15) is 5.78 Å². The molecule has 2 aromatic carbocycles. The number of Topliss-reactive ketones (excluding diaryl/α,β-unsaturated/α-hetero) is 1. The van der Waals surface area contributed by atoms with E-state index in [0.717, 1.165) is 5.56 Å². The second-order valence-electron chi connectivity index (χ2n) is 4.60. The third-order valence-electron chi connectivity index (χ3n) is 3.19. The highest BCUT2D eigenvalue weighted by molar-refractivity contribution is 5.81. The Kier molecular flexibility index (Phi) is 4.15. The number of ketones is 1. The van der Waals surface area contributed by atoms with Crippen molar-refractivity contribution in [3.05, 3.63) is 60.2 Å². The van der Waals surface area contributed by atoms with E-state index in [1.54, 1.807) is 6.92 Å². The average Bonchev–Trinajstić information content (AvgIpc) is 2.46. The van der Waals surface area contributed by atoms with Crippen molar-refractivity contribution in [2.45, 2.75) is 13.3 Å². The third kappa shape index (κ3) is 3.33. The molecular formula is C18H16O. The minimum Gasteiger partial charge on any atom is -0.299 e. The summed E-state index contributed by atoms with van der Waals surface area (Å²) in [6.45, 7) is 1.54. The van der Waals surface area contributed by atoms with Crippen LogP contribution in [-0.2, 0) is 11.2 Å². The van der Waals surface area contributed by atoms with Crippen molar-refractivity contribution in [3.63, 3.8) is 0 Å². The quantitative estimate of drug-likeness (QED) is 0.753. The summed E-state index contributed by atoms with van der Waals surface area (Å²) in [5.41, 5.74) is 3.45. The summed E-state index contributed by atoms with van der Waals surface area (Å²) >= 11 is 0. The summed E-state index contributed by atoms with van der Waals surface area (Å²) < 4.78 is 0. The van der Waals surface area contributed by atoms with Crippen LogP contribution in [-0.4, -0.2) is 5.78 Å². The minimum atomic E-state index is -0.317. The van der Waals surface area contributed by atoms with E-state index in [-0.39, 0.29) is 11.7 Å². The van der Waals surface area contributed by atoms with E-state index in [2.05, 4.69) is 30.2 Å². The topological polar surface area (TPSA) is 17.1 Å². The molecule has 2 aromatic rings. The van der Waals surface area contributed by atoms with E-state index in [4.69, 9.17) is 6.42 Å². The molecule has 1 heteroatoms. The Hall–Kier alpha value is -2.33. The molecule has 1 atom stereocenters. The average molecular weight is 248 g/mol. The fourth-order valence-corrected chi connectivity index (χ4v) is 2.02. The molecule has 1 nitrogen and oxygen atoms in total. The van der Waals surface area contributed by atoms with Gasteiger partial charge in [-0.2, -0.15) is 0 Å². The lowest BCUT2D eigenvalue weighted by atomic mass is 9.95. The summed E-state index contributed by atoms with van der Waals surface area (Å²) in [6.07, 6.45) is 5.98. The summed E-state index contributed by atoms with van der Waals surface area (Å²) in [5.74, 6) is 2.28. The minimum absolute atomic E-state index is 0.0506. The van der Waals surface area contributed by atoms with Crippen molar-refractivity contribution >= 4 is 5.78 Å². The van der Waals surface area contributed by atoms with Crippen LogP contribution in [0.3, 0.4) is 0 Å². The highest BCUT2D eigenvalue weighted by Crippen LogP contribution is 2.20. The molecule has 2 rings (SSSR count). The monoisotopic (exact) mass is 248 g/mol. The highest BCUT2D eigenvalue weighted by Gasteiger charge is 2.11. The van der Waals surface area contributed by atoms with E-state index >= 15 is 0 Å². The second-order valence-corrected chi connectivity index (χ2v) is 4.60. The predicted octanol–water partition coefficient (Wildman–Crippen LogP) is 3.73. The molecular weight excluding hydrogens is 232 g/mol. The van der Waals surface area contributed by atoms with E-state index in [1.165, 1.54) is 11.1 Å². The smallest absolute Gasteiger partial charge is 0.145 e. The van der Waals surface area contributed by atoms with Crippen molar-refractivity contribution in [1.82, 2.24) is 0 Å². The lowest BCUT2D eigenvalue weighted by Crippen LogP contribution is -2.11. The molecule has 0 saturated carbocycles. The fraction of sp³-hybridized carbons (Fsp3) is 0.167. The van der Waals surface area contributed by atoms with Gasteiger partial charge in [-0.25, -0.2) is 0 Å². The van der Waals surface area contributed by atoms with Gasteiger partial charge in [0.05, 0.1) is 5.92 Å². The second kappa shape index (κ2) is 6.02. The maximum absolute atomic E-state index is 11.3. The molecule has 0 fully saturated rings. The number of carbonyl (C=O) groups excluding carboxylic acids is 1. The van der Waals surface area contributed by atoms with Crippen molar-refractivity contribution < 1.29 is 4.79 Å². The van der Waals surface area contributed by atoms with Crippen LogP contribution in [0.5, 0.6) is 0 Å². The van der Waals surface area contributed by atoms with Crippen molar-refractivity contribution in [1.29, 1.82) is 0 Å². The van der Waals surface area contributed by atoms with E-state index in [0.29, 0.717) is 6.42 Å². The zero-order chi connectivity index (χ0) is 13.7. The van der Waals surface area contributed by atoms with Crippen LogP contribution < -0.4 is 0 Å². The molecule has 94 valence electrons. The maximum Gasteiger partial charge on any atom is 0.145 e. The molecule has 0 aliphatic rings. The number of carbonyl (C=O) groups is 1. The fourth-order valence-electron chi connectivity index (χ4n) is 2.02. The van der Waals surface area contributed by atoms with Crippen molar-refractivity contribution in [2.24, 2.45) is 5.92 Å². The Balaban J connectivity index is 2.16. The van der Waals surface area contributed by atoms with Crippen LogP contribution in [0.1, 0.15) is 12.5 Å². The Morgan fingerprint density at radius 1 is 1.05 bits per heavy atom. The number of rotatable bonds is 4. The van der Waals surface area contributed by atoms with Gasteiger partial charge in [0.2, 0.25) is 0 Å². The first kappa shape index (κ1) is 13.1. The van der Waals surface area contributed by atoms with Crippen molar-refractivity contribution in [3.8, 4) is 23.5 Å². The molecule has 0 amide bonds. The summed E-state index contributed by atoms with van der Waals surface area (Å²) in [7, 11) is 0. The van der Waals surface area contributed by atoms with Gasteiger partial charge in [-0.05, 0) is 30.0 Å². The molecule has 0 unspecified atom stereocenters. The number of hydrogen-bond acceptors (Lipinski definition) is 1. The molecule has 0 saturated heterocycles. The van der Waals surface area contributed by atoms with Gasteiger partial charge >= 0.3 is 0 Å². The normalized spacial score (nSPS) is 11.6. The van der Waals surface area contributed by atoms with Crippen LogP contribution in [0.4, 0.5) is 0 Å². The Morgan fingerprint density at radius 3 is 2.16 bits per heavy atom. The Morgan fingerprint density at radius 2 is 1.63 bits per heavy atom. The summed E-state index contributed by atoms with van der Waals surface area (Å²) in [6, 6.07) is 18.4. The third-order valence-corrected chi connectivity index (χ3v) is 3.19. The molecule has 0 aliphatic carbocycles. The van der Waals surface area contributed by atoms with Gasteiger partial charge in [-0.15, -0.1) is 6.42 Å². The molecule has 0 aromatic heterocycles. The molecule has 0 spiro atoms. The zero-order valence-corrected chi connectivity index (χ0v) is 11.0. The predicted molar refractivity (Wildman–Crippen MR) is 78.6 cm³/mol. The van der Waals surface area contributed by atoms with Gasteiger partial charge in [0, 0.05) is 0 Å². The van der Waals surface area contributed by atoms with E-state index in [1.807, 2.05) is 30.3 Å². The SMILES string of the molecule is C#C[C@@H](Cc1ccc(-c2ccccc2)cc1)C(C)=O. The van der Waals surface area contributed by atoms with Crippen LogP contribution in [0, 0.1) is 18.3 Å². The molecule has 0 heterocycles. The number of terminal acetylenes is 1. The van der Waals surface area contributed by atoms with Crippen LogP contribution in [0.2, 0.25) is 0 Å². The molecule has 19 heavy (non-hydrogen) atoms. The van der Waals surface area contributed by atoms with E-state index < -0.39 is 0 Å². The first-order chi connectivity index (χ1) is 9.20. The molecule has 0 N–H and O–H groups in total.